The smallest absolute Gasteiger partial charge is 0.313 e. The molecule has 0 aliphatic rings. The summed E-state index contributed by atoms with van der Waals surface area (Å²) in [5, 5.41) is 9.22. The van der Waals surface area contributed by atoms with E-state index in [4.69, 9.17) is 0 Å². The van der Waals surface area contributed by atoms with Crippen LogP contribution >= 0.6 is 0 Å². The van der Waals surface area contributed by atoms with Crippen molar-refractivity contribution >= 4 is 0 Å². The molecule has 0 unspecified atom stereocenters. The van der Waals surface area contributed by atoms with Crippen LogP contribution < -0.4 is 5.32 Å². The second kappa shape index (κ2) is 4.36. The monoisotopic (exact) mass is 205 g/mol. The van der Waals surface area contributed by atoms with Crippen LogP contribution in [-0.2, 0) is 12.7 Å². The number of aromatic nitrogens is 2. The molecule has 1 heterocycles. The predicted octanol–water partition coefficient (Wildman–Crippen LogP) is 1.60. The van der Waals surface area contributed by atoms with E-state index in [1.807, 2.05) is 6.92 Å². The average molecular weight is 205 g/mol. The van der Waals surface area contributed by atoms with Crippen LogP contribution in [-0.4, -0.2) is 16.7 Å². The van der Waals surface area contributed by atoms with Gasteiger partial charge in [-0.15, -0.1) is 5.10 Å². The maximum atomic E-state index is 12.2. The molecule has 0 radical (unpaired) electrons. The lowest BCUT2D eigenvalue weighted by molar-refractivity contribution is -0.141. The lowest BCUT2D eigenvalue weighted by Gasteiger charge is -2.06. The van der Waals surface area contributed by atoms with E-state index < -0.39 is 11.9 Å². The second-order valence-electron chi connectivity index (χ2n) is 2.73. The molecule has 1 rings (SSSR count). The Labute approximate surface area is 79.3 Å². The van der Waals surface area contributed by atoms with Gasteiger partial charge in [0.1, 0.15) is 0 Å². The van der Waals surface area contributed by atoms with E-state index in [0.29, 0.717) is 18.7 Å². The fraction of sp³-hybridized carbons (Fsp3) is 0.500. The normalized spacial score (nSPS) is 11.7. The van der Waals surface area contributed by atoms with Crippen LogP contribution in [0.1, 0.15) is 18.2 Å². The van der Waals surface area contributed by atoms with Crippen molar-refractivity contribution in [3.8, 4) is 0 Å². The zero-order valence-electron chi connectivity index (χ0n) is 7.60. The molecule has 6 heteroatoms. The first-order valence-corrected chi connectivity index (χ1v) is 4.13. The van der Waals surface area contributed by atoms with E-state index in [9.17, 15) is 13.2 Å². The molecule has 0 atom stereocenters. The van der Waals surface area contributed by atoms with E-state index in [-0.39, 0.29) is 0 Å². The van der Waals surface area contributed by atoms with E-state index in [2.05, 4.69) is 15.5 Å². The van der Waals surface area contributed by atoms with Crippen molar-refractivity contribution in [2.75, 3.05) is 6.54 Å². The Morgan fingerprint density at radius 1 is 1.43 bits per heavy atom. The zero-order chi connectivity index (χ0) is 10.6. The Bertz CT molecular complexity index is 298. The quantitative estimate of drug-likeness (QED) is 0.814. The summed E-state index contributed by atoms with van der Waals surface area (Å²) in [5.41, 5.74) is -0.470. The van der Waals surface area contributed by atoms with Gasteiger partial charge < -0.3 is 5.32 Å². The number of rotatable bonds is 3. The summed E-state index contributed by atoms with van der Waals surface area (Å²) >= 11 is 0. The summed E-state index contributed by atoms with van der Waals surface area (Å²) in [6.07, 6.45) is -3.10. The molecule has 14 heavy (non-hydrogen) atoms. The van der Waals surface area contributed by atoms with E-state index in [1.165, 1.54) is 6.20 Å². The maximum Gasteiger partial charge on any atom is 0.435 e. The molecule has 0 saturated heterocycles. The number of halogens is 3. The van der Waals surface area contributed by atoms with Gasteiger partial charge >= 0.3 is 6.18 Å². The van der Waals surface area contributed by atoms with Crippen LogP contribution in [0.2, 0.25) is 0 Å². The van der Waals surface area contributed by atoms with Crippen LogP contribution in [0.15, 0.2) is 12.3 Å². The Balaban J connectivity index is 2.79. The minimum absolute atomic E-state index is 0.370. The second-order valence-corrected chi connectivity index (χ2v) is 2.73. The Hall–Kier alpha value is -1.17. The van der Waals surface area contributed by atoms with Crippen molar-refractivity contribution in [3.05, 3.63) is 23.5 Å². The lowest BCUT2D eigenvalue weighted by atomic mass is 10.2. The van der Waals surface area contributed by atoms with Crippen molar-refractivity contribution < 1.29 is 13.2 Å². The summed E-state index contributed by atoms with van der Waals surface area (Å²) in [6.45, 7) is 2.94. The number of hydrogen-bond acceptors (Lipinski definition) is 3. The molecule has 0 saturated carbocycles. The van der Waals surface area contributed by atoms with Gasteiger partial charge in [-0.1, -0.05) is 6.92 Å². The van der Waals surface area contributed by atoms with E-state index >= 15 is 0 Å². The highest BCUT2D eigenvalue weighted by Gasteiger charge is 2.33. The number of nitrogens with zero attached hydrogens (tertiary/aromatic N) is 2. The van der Waals surface area contributed by atoms with Gasteiger partial charge in [-0.2, -0.15) is 18.3 Å². The van der Waals surface area contributed by atoms with Gasteiger partial charge in [0.15, 0.2) is 5.69 Å². The number of nitrogens with one attached hydrogen (secondary N) is 1. The SMILES string of the molecule is CCNCc1cnnc(C(F)(F)F)c1. The van der Waals surface area contributed by atoms with Gasteiger partial charge in [0.2, 0.25) is 0 Å². The first kappa shape index (κ1) is 10.9. The third kappa shape index (κ3) is 2.95. The van der Waals surface area contributed by atoms with Crippen LogP contribution in [0.3, 0.4) is 0 Å². The van der Waals surface area contributed by atoms with Crippen molar-refractivity contribution in [2.24, 2.45) is 0 Å². The highest BCUT2D eigenvalue weighted by molar-refractivity contribution is 5.14. The van der Waals surface area contributed by atoms with Crippen molar-refractivity contribution in [3.63, 3.8) is 0 Å². The Kier molecular flexibility index (Phi) is 3.40. The number of alkyl halides is 3. The minimum atomic E-state index is -4.42. The first-order chi connectivity index (χ1) is 6.54. The van der Waals surface area contributed by atoms with Gasteiger partial charge in [0.25, 0.3) is 0 Å². The molecule has 1 N–H and O–H groups in total. The van der Waals surface area contributed by atoms with Crippen molar-refractivity contribution in [2.45, 2.75) is 19.6 Å². The summed E-state index contributed by atoms with van der Waals surface area (Å²) in [5.74, 6) is 0. The third-order valence-electron chi connectivity index (χ3n) is 1.58. The molecule has 0 fully saturated rings. The highest BCUT2D eigenvalue weighted by Crippen LogP contribution is 2.27. The lowest BCUT2D eigenvalue weighted by Crippen LogP contribution is -2.15. The summed E-state index contributed by atoms with van der Waals surface area (Å²) in [6, 6.07) is 0.996. The zero-order valence-corrected chi connectivity index (χ0v) is 7.60. The number of hydrogen-bond donors (Lipinski definition) is 1. The van der Waals surface area contributed by atoms with Crippen LogP contribution in [0.25, 0.3) is 0 Å². The summed E-state index contributed by atoms with van der Waals surface area (Å²) in [7, 11) is 0. The standard InChI is InChI=1S/C8H10F3N3/c1-2-12-4-6-3-7(8(9,10)11)14-13-5-6/h3,5,12H,2,4H2,1H3. The molecule has 0 aliphatic heterocycles. The van der Waals surface area contributed by atoms with Crippen LogP contribution in [0, 0.1) is 0 Å². The molecule has 1 aromatic rings. The molecule has 0 aliphatic carbocycles. The van der Waals surface area contributed by atoms with Crippen molar-refractivity contribution in [1.82, 2.24) is 15.5 Å². The maximum absolute atomic E-state index is 12.2. The van der Waals surface area contributed by atoms with Crippen LogP contribution in [0.5, 0.6) is 0 Å². The summed E-state index contributed by atoms with van der Waals surface area (Å²) < 4.78 is 36.5. The molecule has 0 amide bonds. The molecule has 0 spiro atoms. The van der Waals surface area contributed by atoms with Gasteiger partial charge in [-0.25, -0.2) is 0 Å². The van der Waals surface area contributed by atoms with Crippen molar-refractivity contribution in [1.29, 1.82) is 0 Å². The molecule has 78 valence electrons. The van der Waals surface area contributed by atoms with Gasteiger partial charge in [0, 0.05) is 6.54 Å². The predicted molar refractivity (Wildman–Crippen MR) is 44.4 cm³/mol. The van der Waals surface area contributed by atoms with E-state index in [1.54, 1.807) is 0 Å². The summed E-state index contributed by atoms with van der Waals surface area (Å²) in [4.78, 5) is 0. The Morgan fingerprint density at radius 3 is 2.71 bits per heavy atom. The van der Waals surface area contributed by atoms with Gasteiger partial charge in [-0.05, 0) is 18.2 Å². The van der Waals surface area contributed by atoms with Gasteiger partial charge in [0.05, 0.1) is 6.20 Å². The largest absolute Gasteiger partial charge is 0.435 e. The molecule has 0 bridgehead atoms. The van der Waals surface area contributed by atoms with Crippen LogP contribution in [0.4, 0.5) is 13.2 Å². The highest BCUT2D eigenvalue weighted by atomic mass is 19.4. The topological polar surface area (TPSA) is 37.8 Å². The van der Waals surface area contributed by atoms with E-state index in [0.717, 1.165) is 6.07 Å². The molecular weight excluding hydrogens is 195 g/mol. The molecular formula is C8H10F3N3. The van der Waals surface area contributed by atoms with Gasteiger partial charge in [-0.3, -0.25) is 0 Å². The third-order valence-corrected chi connectivity index (χ3v) is 1.58. The fourth-order valence-corrected chi connectivity index (χ4v) is 0.912. The molecule has 1 aromatic heterocycles. The fourth-order valence-electron chi connectivity index (χ4n) is 0.912. The molecule has 3 nitrogen and oxygen atoms in total. The minimum Gasteiger partial charge on any atom is -0.313 e. The Morgan fingerprint density at radius 2 is 2.14 bits per heavy atom. The first-order valence-electron chi connectivity index (χ1n) is 4.13. The average Bonchev–Trinajstić information content (AvgIpc) is 2.14. The molecule has 0 aromatic carbocycles.